The van der Waals surface area contributed by atoms with Crippen molar-refractivity contribution >= 4 is 5.87 Å². The molecule has 0 rings (SSSR count). The smallest absolute Gasteiger partial charge is 0.00714 e. The third-order valence-corrected chi connectivity index (χ3v) is 1.54. The number of allylic oxidation sites excluding steroid dienone is 1. The van der Waals surface area contributed by atoms with Crippen molar-refractivity contribution in [2.45, 2.75) is 20.3 Å². The summed E-state index contributed by atoms with van der Waals surface area (Å²) in [7, 11) is 0. The summed E-state index contributed by atoms with van der Waals surface area (Å²) in [5, 5.41) is 6.79. The van der Waals surface area contributed by atoms with Crippen LogP contribution in [0, 0.1) is 11.3 Å². The molecule has 2 nitrogen and oxygen atoms in total. The lowest BCUT2D eigenvalue weighted by Crippen LogP contribution is -2.06. The highest BCUT2D eigenvalue weighted by molar-refractivity contribution is 5.53. The standard InChI is InChI=1S/C7H14N2/c1-6(3-4-8)7(2)5-9/h6,9H,3-4,8H2,1-2H3. The molecule has 1 atom stereocenters. The van der Waals surface area contributed by atoms with E-state index in [-0.39, 0.29) is 0 Å². The van der Waals surface area contributed by atoms with Gasteiger partial charge >= 0.3 is 0 Å². The Kier molecular flexibility index (Phi) is 4.02. The molecule has 0 fully saturated rings. The van der Waals surface area contributed by atoms with Crippen molar-refractivity contribution in [3.63, 3.8) is 0 Å². The second kappa shape index (κ2) is 4.30. The highest BCUT2D eigenvalue weighted by Gasteiger charge is 2.00. The summed E-state index contributed by atoms with van der Waals surface area (Å²) in [6, 6.07) is 0. The minimum absolute atomic E-state index is 0.424. The van der Waals surface area contributed by atoms with Gasteiger partial charge in [0.2, 0.25) is 0 Å². The van der Waals surface area contributed by atoms with E-state index in [0.29, 0.717) is 12.5 Å². The van der Waals surface area contributed by atoms with E-state index >= 15 is 0 Å². The molecule has 0 saturated carbocycles. The Morgan fingerprint density at radius 3 is 2.67 bits per heavy atom. The largest absolute Gasteiger partial charge is 0.330 e. The van der Waals surface area contributed by atoms with Gasteiger partial charge < -0.3 is 5.73 Å². The topological polar surface area (TPSA) is 49.9 Å². The van der Waals surface area contributed by atoms with Crippen LogP contribution < -0.4 is 5.73 Å². The lowest BCUT2D eigenvalue weighted by Gasteiger charge is -2.05. The first-order valence-corrected chi connectivity index (χ1v) is 3.18. The van der Waals surface area contributed by atoms with E-state index in [0.717, 1.165) is 12.0 Å². The van der Waals surface area contributed by atoms with Crippen LogP contribution in [0.1, 0.15) is 20.3 Å². The highest BCUT2D eigenvalue weighted by atomic mass is 14.5. The average Bonchev–Trinajstić information content (AvgIpc) is 1.87. The third kappa shape index (κ3) is 3.07. The molecule has 0 radical (unpaired) electrons. The maximum atomic E-state index is 6.79. The summed E-state index contributed by atoms with van der Waals surface area (Å²) < 4.78 is 0. The van der Waals surface area contributed by atoms with Gasteiger partial charge in [-0.25, -0.2) is 0 Å². The van der Waals surface area contributed by atoms with E-state index in [1.807, 2.05) is 6.92 Å². The van der Waals surface area contributed by atoms with Gasteiger partial charge in [-0.2, -0.15) is 0 Å². The zero-order valence-electron chi connectivity index (χ0n) is 6.07. The van der Waals surface area contributed by atoms with E-state index in [9.17, 15) is 0 Å². The second-order valence-electron chi connectivity index (χ2n) is 2.29. The zero-order chi connectivity index (χ0) is 7.28. The van der Waals surface area contributed by atoms with Crippen molar-refractivity contribution in [2.24, 2.45) is 11.7 Å². The number of hydrogen-bond donors (Lipinski definition) is 2. The molecule has 2 heteroatoms. The fraction of sp³-hybridized carbons (Fsp3) is 0.714. The van der Waals surface area contributed by atoms with Gasteiger partial charge in [-0.05, 0) is 37.3 Å². The van der Waals surface area contributed by atoms with Crippen LogP contribution in [0.4, 0.5) is 0 Å². The Balaban J connectivity index is 3.73. The molecule has 0 heterocycles. The number of nitrogens with two attached hydrogens (primary N) is 1. The van der Waals surface area contributed by atoms with Crippen LogP contribution in [0.15, 0.2) is 5.57 Å². The first kappa shape index (κ1) is 8.41. The molecule has 0 aliphatic rings. The summed E-state index contributed by atoms with van der Waals surface area (Å²) in [6.45, 7) is 4.66. The monoisotopic (exact) mass is 126 g/mol. The first-order valence-electron chi connectivity index (χ1n) is 3.18. The Hall–Kier alpha value is -0.590. The van der Waals surface area contributed by atoms with Crippen molar-refractivity contribution in [3.8, 4) is 0 Å². The molecule has 0 aliphatic heterocycles. The Labute approximate surface area is 56.3 Å². The summed E-state index contributed by atoms with van der Waals surface area (Å²) in [5.41, 5.74) is 6.31. The normalized spacial score (nSPS) is 12.3. The predicted molar refractivity (Wildman–Crippen MR) is 39.7 cm³/mol. The summed E-state index contributed by atoms with van der Waals surface area (Å²) >= 11 is 0. The minimum atomic E-state index is 0.424. The molecule has 0 saturated heterocycles. The van der Waals surface area contributed by atoms with E-state index in [2.05, 4.69) is 12.8 Å². The van der Waals surface area contributed by atoms with Crippen LogP contribution in [0.5, 0.6) is 0 Å². The van der Waals surface area contributed by atoms with Crippen LogP contribution in [0.25, 0.3) is 0 Å². The molecule has 9 heavy (non-hydrogen) atoms. The lowest BCUT2D eigenvalue weighted by atomic mass is 10.0. The quantitative estimate of drug-likeness (QED) is 0.548. The van der Waals surface area contributed by atoms with Crippen LogP contribution >= 0.6 is 0 Å². The first-order chi connectivity index (χ1) is 4.22. The lowest BCUT2D eigenvalue weighted by molar-refractivity contribution is 0.628. The molecule has 0 amide bonds. The maximum Gasteiger partial charge on any atom is -0.00714 e. The fourth-order valence-corrected chi connectivity index (χ4v) is 0.590. The van der Waals surface area contributed by atoms with Gasteiger partial charge in [-0.3, -0.25) is 5.41 Å². The molecular formula is C7H14N2. The Morgan fingerprint density at radius 2 is 2.33 bits per heavy atom. The minimum Gasteiger partial charge on any atom is -0.330 e. The van der Waals surface area contributed by atoms with Crippen LogP contribution in [-0.4, -0.2) is 12.4 Å². The SMILES string of the molecule is CC(=C=N)C(C)CCN. The Morgan fingerprint density at radius 1 is 1.78 bits per heavy atom. The number of nitrogens with one attached hydrogen (secondary N) is 1. The summed E-state index contributed by atoms with van der Waals surface area (Å²) in [6.07, 6.45) is 0.956. The molecule has 0 aromatic rings. The van der Waals surface area contributed by atoms with E-state index in [1.54, 1.807) is 0 Å². The number of hydrogen-bond acceptors (Lipinski definition) is 2. The molecular weight excluding hydrogens is 112 g/mol. The number of rotatable bonds is 3. The maximum absolute atomic E-state index is 6.79. The van der Waals surface area contributed by atoms with Gasteiger partial charge in [0.05, 0.1) is 0 Å². The van der Waals surface area contributed by atoms with Crippen molar-refractivity contribution < 1.29 is 0 Å². The second-order valence-corrected chi connectivity index (χ2v) is 2.29. The molecule has 0 aromatic carbocycles. The average molecular weight is 126 g/mol. The third-order valence-electron chi connectivity index (χ3n) is 1.54. The molecule has 3 N–H and O–H groups in total. The van der Waals surface area contributed by atoms with Gasteiger partial charge in [0.1, 0.15) is 0 Å². The van der Waals surface area contributed by atoms with Crippen molar-refractivity contribution in [1.82, 2.24) is 0 Å². The van der Waals surface area contributed by atoms with Crippen LogP contribution in [0.2, 0.25) is 0 Å². The summed E-state index contributed by atoms with van der Waals surface area (Å²) in [5.74, 6) is 2.78. The van der Waals surface area contributed by atoms with Crippen LogP contribution in [-0.2, 0) is 0 Å². The van der Waals surface area contributed by atoms with Crippen molar-refractivity contribution in [1.29, 1.82) is 5.41 Å². The zero-order valence-corrected chi connectivity index (χ0v) is 6.07. The van der Waals surface area contributed by atoms with Crippen molar-refractivity contribution in [3.05, 3.63) is 5.57 Å². The van der Waals surface area contributed by atoms with Gasteiger partial charge in [0.15, 0.2) is 0 Å². The molecule has 1 unspecified atom stereocenters. The van der Waals surface area contributed by atoms with E-state index in [1.165, 1.54) is 0 Å². The van der Waals surface area contributed by atoms with Gasteiger partial charge in [-0.1, -0.05) is 6.92 Å². The molecule has 52 valence electrons. The van der Waals surface area contributed by atoms with Crippen LogP contribution in [0.3, 0.4) is 0 Å². The van der Waals surface area contributed by atoms with Gasteiger partial charge in [0, 0.05) is 0 Å². The van der Waals surface area contributed by atoms with Crippen molar-refractivity contribution in [2.75, 3.05) is 6.54 Å². The Bertz CT molecular complexity index is 123. The molecule has 0 spiro atoms. The van der Waals surface area contributed by atoms with Gasteiger partial charge in [-0.15, -0.1) is 0 Å². The highest BCUT2D eigenvalue weighted by Crippen LogP contribution is 2.08. The molecule has 0 aliphatic carbocycles. The molecule has 0 aromatic heterocycles. The molecule has 0 bridgehead atoms. The predicted octanol–water partition coefficient (Wildman–Crippen LogP) is 1.17. The van der Waals surface area contributed by atoms with Gasteiger partial charge in [0.25, 0.3) is 0 Å². The fourth-order valence-electron chi connectivity index (χ4n) is 0.590. The van der Waals surface area contributed by atoms with E-state index < -0.39 is 0 Å². The summed E-state index contributed by atoms with van der Waals surface area (Å²) in [4.78, 5) is 0. The van der Waals surface area contributed by atoms with E-state index in [4.69, 9.17) is 11.1 Å².